The second kappa shape index (κ2) is 5.77. The molecule has 1 aromatic carbocycles. The molecule has 0 spiro atoms. The van der Waals surface area contributed by atoms with Gasteiger partial charge >= 0.3 is 0 Å². The Labute approximate surface area is 122 Å². The molecule has 0 bridgehead atoms. The zero-order valence-corrected chi connectivity index (χ0v) is 12.3. The minimum Gasteiger partial charge on any atom is -0.378 e. The van der Waals surface area contributed by atoms with Crippen molar-refractivity contribution in [2.75, 3.05) is 31.2 Å². The van der Waals surface area contributed by atoms with Gasteiger partial charge in [-0.25, -0.2) is 0 Å². The van der Waals surface area contributed by atoms with Crippen molar-refractivity contribution in [2.45, 2.75) is 6.92 Å². The van der Waals surface area contributed by atoms with Gasteiger partial charge in [-0.3, -0.25) is 4.79 Å². The van der Waals surface area contributed by atoms with E-state index in [9.17, 15) is 4.79 Å². The molecular weight excluding hydrogens is 270 g/mol. The van der Waals surface area contributed by atoms with Crippen LogP contribution in [0.25, 0.3) is 0 Å². The number of hydrogen-bond donors (Lipinski definition) is 0. The molecular formula is C16H17NO2S. The van der Waals surface area contributed by atoms with Crippen LogP contribution in [0.2, 0.25) is 0 Å². The van der Waals surface area contributed by atoms with Crippen molar-refractivity contribution in [2.24, 2.45) is 0 Å². The Balaban J connectivity index is 1.92. The van der Waals surface area contributed by atoms with E-state index in [1.807, 2.05) is 36.6 Å². The van der Waals surface area contributed by atoms with E-state index in [0.29, 0.717) is 0 Å². The average Bonchev–Trinajstić information content (AvgIpc) is 3.01. The molecule has 1 fully saturated rings. The predicted octanol–water partition coefficient (Wildman–Crippen LogP) is 3.12. The molecule has 3 nitrogen and oxygen atoms in total. The number of benzene rings is 1. The lowest BCUT2D eigenvalue weighted by Crippen LogP contribution is -2.36. The van der Waals surface area contributed by atoms with Crippen LogP contribution in [0.1, 0.15) is 20.8 Å². The number of ether oxygens (including phenoxy) is 1. The Morgan fingerprint density at radius 2 is 2.05 bits per heavy atom. The first-order chi connectivity index (χ1) is 9.74. The molecule has 4 heteroatoms. The first kappa shape index (κ1) is 13.3. The number of aryl methyl sites for hydroxylation is 1. The van der Waals surface area contributed by atoms with Crippen molar-refractivity contribution in [3.8, 4) is 0 Å². The molecule has 0 radical (unpaired) electrons. The summed E-state index contributed by atoms with van der Waals surface area (Å²) in [5, 5.41) is 1.94. The number of hydrogen-bond acceptors (Lipinski definition) is 4. The average molecular weight is 287 g/mol. The third-order valence-corrected chi connectivity index (χ3v) is 4.31. The summed E-state index contributed by atoms with van der Waals surface area (Å²) in [6.45, 7) is 5.31. The molecule has 0 unspecified atom stereocenters. The molecule has 0 amide bonds. The first-order valence-electron chi connectivity index (χ1n) is 6.76. The van der Waals surface area contributed by atoms with E-state index in [0.717, 1.165) is 48.0 Å². The van der Waals surface area contributed by atoms with Crippen molar-refractivity contribution in [3.63, 3.8) is 0 Å². The SMILES string of the molecule is Cc1cc(C(=O)c2cccs2)cc(N2CCOCC2)c1. The maximum absolute atomic E-state index is 12.5. The van der Waals surface area contributed by atoms with Crippen LogP contribution in [0.5, 0.6) is 0 Å². The van der Waals surface area contributed by atoms with Crippen molar-refractivity contribution in [1.29, 1.82) is 0 Å². The summed E-state index contributed by atoms with van der Waals surface area (Å²) in [6, 6.07) is 9.89. The number of carbonyl (C=O) groups is 1. The van der Waals surface area contributed by atoms with Gasteiger partial charge in [-0.15, -0.1) is 11.3 Å². The largest absolute Gasteiger partial charge is 0.378 e. The first-order valence-corrected chi connectivity index (χ1v) is 7.64. The molecule has 1 aliphatic heterocycles. The van der Waals surface area contributed by atoms with Crippen LogP contribution in [0.3, 0.4) is 0 Å². The quantitative estimate of drug-likeness (QED) is 0.812. The van der Waals surface area contributed by atoms with Crippen LogP contribution in [0.4, 0.5) is 5.69 Å². The van der Waals surface area contributed by atoms with Gasteiger partial charge in [0, 0.05) is 24.3 Å². The summed E-state index contributed by atoms with van der Waals surface area (Å²) in [6.07, 6.45) is 0. The molecule has 0 N–H and O–H groups in total. The van der Waals surface area contributed by atoms with E-state index in [1.165, 1.54) is 11.3 Å². The normalized spacial score (nSPS) is 15.3. The molecule has 2 aromatic rings. The predicted molar refractivity (Wildman–Crippen MR) is 82.0 cm³/mol. The summed E-state index contributed by atoms with van der Waals surface area (Å²) in [7, 11) is 0. The molecule has 20 heavy (non-hydrogen) atoms. The highest BCUT2D eigenvalue weighted by Gasteiger charge is 2.15. The highest BCUT2D eigenvalue weighted by atomic mass is 32.1. The highest BCUT2D eigenvalue weighted by molar-refractivity contribution is 7.12. The van der Waals surface area contributed by atoms with Crippen LogP contribution in [0.15, 0.2) is 35.7 Å². The van der Waals surface area contributed by atoms with E-state index in [-0.39, 0.29) is 5.78 Å². The van der Waals surface area contributed by atoms with Gasteiger partial charge in [-0.1, -0.05) is 6.07 Å². The second-order valence-corrected chi connectivity index (χ2v) is 5.91. The van der Waals surface area contributed by atoms with Crippen LogP contribution < -0.4 is 4.90 Å². The van der Waals surface area contributed by atoms with Crippen molar-refractivity contribution >= 4 is 22.8 Å². The van der Waals surface area contributed by atoms with Crippen molar-refractivity contribution in [1.82, 2.24) is 0 Å². The van der Waals surface area contributed by atoms with E-state index < -0.39 is 0 Å². The molecule has 104 valence electrons. The number of morpholine rings is 1. The van der Waals surface area contributed by atoms with Gasteiger partial charge in [0.05, 0.1) is 18.1 Å². The van der Waals surface area contributed by atoms with Gasteiger partial charge in [0.2, 0.25) is 5.78 Å². The fourth-order valence-electron chi connectivity index (χ4n) is 2.45. The van der Waals surface area contributed by atoms with Gasteiger partial charge in [-0.2, -0.15) is 0 Å². The number of nitrogens with zero attached hydrogens (tertiary/aromatic N) is 1. The molecule has 2 heterocycles. The zero-order chi connectivity index (χ0) is 13.9. The van der Waals surface area contributed by atoms with Gasteiger partial charge in [0.1, 0.15) is 0 Å². The van der Waals surface area contributed by atoms with Crippen LogP contribution in [-0.2, 0) is 4.74 Å². The minimum atomic E-state index is 0.109. The summed E-state index contributed by atoms with van der Waals surface area (Å²) < 4.78 is 5.38. The van der Waals surface area contributed by atoms with Crippen LogP contribution >= 0.6 is 11.3 Å². The molecule has 0 aliphatic carbocycles. The fraction of sp³-hybridized carbons (Fsp3) is 0.312. The maximum Gasteiger partial charge on any atom is 0.203 e. The number of ketones is 1. The lowest BCUT2D eigenvalue weighted by atomic mass is 10.0. The zero-order valence-electron chi connectivity index (χ0n) is 11.5. The van der Waals surface area contributed by atoms with Crippen LogP contribution in [-0.4, -0.2) is 32.1 Å². The third-order valence-electron chi connectivity index (χ3n) is 3.45. The maximum atomic E-state index is 12.5. The van der Waals surface area contributed by atoms with Gasteiger partial charge in [0.15, 0.2) is 0 Å². The van der Waals surface area contributed by atoms with Gasteiger partial charge in [0.25, 0.3) is 0 Å². The van der Waals surface area contributed by atoms with Crippen molar-refractivity contribution in [3.05, 3.63) is 51.7 Å². The molecule has 1 aromatic heterocycles. The summed E-state index contributed by atoms with van der Waals surface area (Å²) in [5.41, 5.74) is 3.01. The highest BCUT2D eigenvalue weighted by Crippen LogP contribution is 2.23. The molecule has 1 aliphatic rings. The fourth-order valence-corrected chi connectivity index (χ4v) is 3.13. The van der Waals surface area contributed by atoms with E-state index >= 15 is 0 Å². The Morgan fingerprint density at radius 3 is 2.75 bits per heavy atom. The molecule has 0 saturated carbocycles. The topological polar surface area (TPSA) is 29.5 Å². The number of thiophene rings is 1. The molecule has 0 atom stereocenters. The smallest absolute Gasteiger partial charge is 0.203 e. The summed E-state index contributed by atoms with van der Waals surface area (Å²) in [5.74, 6) is 0.109. The second-order valence-electron chi connectivity index (χ2n) is 4.96. The summed E-state index contributed by atoms with van der Waals surface area (Å²) >= 11 is 1.49. The Hall–Kier alpha value is -1.65. The van der Waals surface area contributed by atoms with Gasteiger partial charge in [-0.05, 0) is 42.1 Å². The number of carbonyl (C=O) groups excluding carboxylic acids is 1. The summed E-state index contributed by atoms with van der Waals surface area (Å²) in [4.78, 5) is 15.5. The number of anilines is 1. The van der Waals surface area contributed by atoms with E-state index in [2.05, 4.69) is 11.0 Å². The van der Waals surface area contributed by atoms with Crippen molar-refractivity contribution < 1.29 is 9.53 Å². The minimum absolute atomic E-state index is 0.109. The van der Waals surface area contributed by atoms with E-state index in [4.69, 9.17) is 4.74 Å². The third kappa shape index (κ3) is 2.76. The Bertz CT molecular complexity index is 601. The van der Waals surface area contributed by atoms with Crippen LogP contribution in [0, 0.1) is 6.92 Å². The lowest BCUT2D eigenvalue weighted by Gasteiger charge is -2.29. The molecule has 3 rings (SSSR count). The number of rotatable bonds is 3. The standard InChI is InChI=1S/C16H17NO2S/c1-12-9-13(16(18)15-3-2-8-20-15)11-14(10-12)17-4-6-19-7-5-17/h2-3,8-11H,4-7H2,1H3. The molecule has 1 saturated heterocycles. The van der Waals surface area contributed by atoms with E-state index in [1.54, 1.807) is 0 Å². The Kier molecular flexibility index (Phi) is 3.85. The monoisotopic (exact) mass is 287 g/mol. The lowest BCUT2D eigenvalue weighted by molar-refractivity contribution is 0.104. The Morgan fingerprint density at radius 1 is 1.25 bits per heavy atom. The van der Waals surface area contributed by atoms with Gasteiger partial charge < -0.3 is 9.64 Å².